The van der Waals surface area contributed by atoms with E-state index in [9.17, 15) is 4.79 Å². The second-order valence-electron chi connectivity index (χ2n) is 4.92. The van der Waals surface area contributed by atoms with Gasteiger partial charge >= 0.3 is 6.01 Å². The average Bonchev–Trinajstić information content (AvgIpc) is 3.28. The number of carbonyl (C=O) groups is 1. The van der Waals surface area contributed by atoms with Crippen LogP contribution in [0.5, 0.6) is 0 Å². The maximum Gasteiger partial charge on any atom is 0.322 e. The lowest BCUT2D eigenvalue weighted by atomic mass is 10.2. The van der Waals surface area contributed by atoms with Crippen LogP contribution in [0.2, 0.25) is 0 Å². The van der Waals surface area contributed by atoms with E-state index in [1.165, 1.54) is 23.1 Å². The smallest absolute Gasteiger partial charge is 0.322 e. The van der Waals surface area contributed by atoms with Crippen LogP contribution < -0.4 is 10.6 Å². The van der Waals surface area contributed by atoms with Gasteiger partial charge < -0.3 is 9.73 Å². The molecule has 130 valence electrons. The summed E-state index contributed by atoms with van der Waals surface area (Å²) in [6.45, 7) is 2.93. The van der Waals surface area contributed by atoms with Crippen LogP contribution in [0.15, 0.2) is 39.1 Å². The number of carbonyl (C=O) groups excluding carboxylic acids is 1. The molecule has 8 nitrogen and oxygen atoms in total. The predicted octanol–water partition coefficient (Wildman–Crippen LogP) is 3.14. The summed E-state index contributed by atoms with van der Waals surface area (Å²) in [4.78, 5) is 12.0. The number of nitrogens with zero attached hydrogens (tertiary/aromatic N) is 4. The van der Waals surface area contributed by atoms with Gasteiger partial charge in [-0.15, -0.1) is 15.3 Å². The zero-order valence-electron chi connectivity index (χ0n) is 13.4. The standard InChI is InChI=1S/C15H16N6O2S2/c1-2-8-16-14-20-21-15(25-14)24-9-11(22)17-13-19-18-12(23-13)10-6-4-3-5-7-10/h3-7H,2,8-9H2,1H3,(H,16,20)(H,17,19,22). The Morgan fingerprint density at radius 2 is 2.04 bits per heavy atom. The third kappa shape index (κ3) is 5.00. The van der Waals surface area contributed by atoms with E-state index in [-0.39, 0.29) is 17.7 Å². The second-order valence-corrected chi connectivity index (χ2v) is 7.12. The van der Waals surface area contributed by atoms with Gasteiger partial charge in [-0.25, -0.2) is 0 Å². The Kier molecular flexibility index (Phi) is 5.96. The molecule has 0 saturated carbocycles. The van der Waals surface area contributed by atoms with Crippen molar-refractivity contribution in [1.82, 2.24) is 20.4 Å². The van der Waals surface area contributed by atoms with Crippen molar-refractivity contribution in [3.05, 3.63) is 30.3 Å². The van der Waals surface area contributed by atoms with E-state index in [1.54, 1.807) is 0 Å². The molecule has 0 bridgehead atoms. The predicted molar refractivity (Wildman–Crippen MR) is 97.8 cm³/mol. The van der Waals surface area contributed by atoms with Crippen LogP contribution in [-0.2, 0) is 4.79 Å². The molecule has 0 aliphatic rings. The van der Waals surface area contributed by atoms with Gasteiger partial charge in [0.1, 0.15) is 0 Å². The fourth-order valence-electron chi connectivity index (χ4n) is 1.83. The number of thioether (sulfide) groups is 1. The number of anilines is 2. The molecule has 0 saturated heterocycles. The second kappa shape index (κ2) is 8.58. The molecule has 0 spiro atoms. The van der Waals surface area contributed by atoms with Gasteiger partial charge in [-0.05, 0) is 18.6 Å². The van der Waals surface area contributed by atoms with Crippen LogP contribution in [0, 0.1) is 0 Å². The zero-order chi connectivity index (χ0) is 17.5. The fourth-order valence-corrected chi connectivity index (χ4v) is 3.40. The Hall–Kier alpha value is -2.46. The first kappa shape index (κ1) is 17.4. The van der Waals surface area contributed by atoms with Crippen LogP contribution in [0.25, 0.3) is 11.5 Å². The third-order valence-corrected chi connectivity index (χ3v) is 4.97. The summed E-state index contributed by atoms with van der Waals surface area (Å²) in [5.74, 6) is 0.302. The van der Waals surface area contributed by atoms with Crippen molar-refractivity contribution in [3.63, 3.8) is 0 Å². The highest BCUT2D eigenvalue weighted by Crippen LogP contribution is 2.25. The molecule has 0 fully saturated rings. The monoisotopic (exact) mass is 376 g/mol. The molecule has 10 heteroatoms. The van der Waals surface area contributed by atoms with Gasteiger partial charge in [0.15, 0.2) is 4.34 Å². The molecule has 0 aliphatic heterocycles. The van der Waals surface area contributed by atoms with Crippen molar-refractivity contribution in [2.45, 2.75) is 17.7 Å². The summed E-state index contributed by atoms with van der Waals surface area (Å²) in [7, 11) is 0. The Balaban J connectivity index is 1.49. The van der Waals surface area contributed by atoms with E-state index in [0.29, 0.717) is 5.89 Å². The number of rotatable bonds is 8. The molecular weight excluding hydrogens is 360 g/mol. The van der Waals surface area contributed by atoms with E-state index in [4.69, 9.17) is 4.42 Å². The number of aromatic nitrogens is 4. The molecule has 0 radical (unpaired) electrons. The lowest BCUT2D eigenvalue weighted by molar-refractivity contribution is -0.113. The van der Waals surface area contributed by atoms with Gasteiger partial charge in [-0.2, -0.15) is 0 Å². The van der Waals surface area contributed by atoms with Crippen molar-refractivity contribution in [2.75, 3.05) is 22.9 Å². The SMILES string of the molecule is CCCNc1nnc(SCC(=O)Nc2nnc(-c3ccccc3)o2)s1. The van der Waals surface area contributed by atoms with Gasteiger partial charge in [-0.3, -0.25) is 10.1 Å². The Morgan fingerprint density at radius 3 is 2.84 bits per heavy atom. The molecular formula is C15H16N6O2S2. The molecule has 3 rings (SSSR count). The molecule has 1 amide bonds. The Labute approximate surface area is 152 Å². The van der Waals surface area contributed by atoms with Gasteiger partial charge in [0, 0.05) is 12.1 Å². The highest BCUT2D eigenvalue weighted by atomic mass is 32.2. The lowest BCUT2D eigenvalue weighted by Crippen LogP contribution is -2.14. The van der Waals surface area contributed by atoms with Crippen molar-refractivity contribution < 1.29 is 9.21 Å². The molecule has 3 aromatic rings. The minimum absolute atomic E-state index is 0.0759. The van der Waals surface area contributed by atoms with Gasteiger partial charge in [0.25, 0.3) is 0 Å². The number of benzene rings is 1. The molecule has 2 N–H and O–H groups in total. The molecule has 0 aliphatic carbocycles. The largest absolute Gasteiger partial charge is 0.403 e. The van der Waals surface area contributed by atoms with Crippen LogP contribution in [0.3, 0.4) is 0 Å². The third-order valence-electron chi connectivity index (χ3n) is 2.95. The fraction of sp³-hybridized carbons (Fsp3) is 0.267. The first-order valence-corrected chi connectivity index (χ1v) is 9.43. The van der Waals surface area contributed by atoms with E-state index in [2.05, 4.69) is 38.0 Å². The molecule has 0 unspecified atom stereocenters. The van der Waals surface area contributed by atoms with Crippen molar-refractivity contribution in [2.24, 2.45) is 0 Å². The molecule has 25 heavy (non-hydrogen) atoms. The van der Waals surface area contributed by atoms with Crippen molar-refractivity contribution >= 4 is 40.2 Å². The van der Waals surface area contributed by atoms with Crippen molar-refractivity contribution in [1.29, 1.82) is 0 Å². The maximum atomic E-state index is 12.0. The van der Waals surface area contributed by atoms with Gasteiger partial charge in [-0.1, -0.05) is 53.3 Å². The zero-order valence-corrected chi connectivity index (χ0v) is 15.1. The topological polar surface area (TPSA) is 106 Å². The summed E-state index contributed by atoms with van der Waals surface area (Å²) < 4.78 is 6.17. The number of amides is 1. The van der Waals surface area contributed by atoms with Crippen molar-refractivity contribution in [3.8, 4) is 11.5 Å². The highest BCUT2D eigenvalue weighted by molar-refractivity contribution is 8.01. The Morgan fingerprint density at radius 1 is 1.20 bits per heavy atom. The number of hydrogen-bond donors (Lipinski definition) is 2. The van der Waals surface area contributed by atoms with E-state index in [0.717, 1.165) is 28.0 Å². The quantitative estimate of drug-likeness (QED) is 0.578. The summed E-state index contributed by atoms with van der Waals surface area (Å²) in [6, 6.07) is 9.44. The summed E-state index contributed by atoms with van der Waals surface area (Å²) in [5, 5.41) is 22.3. The maximum absolute atomic E-state index is 12.0. The van der Waals surface area contributed by atoms with Crippen LogP contribution in [0.4, 0.5) is 11.1 Å². The first-order valence-electron chi connectivity index (χ1n) is 7.63. The molecule has 0 atom stereocenters. The number of hydrogen-bond acceptors (Lipinski definition) is 9. The summed E-state index contributed by atoms with van der Waals surface area (Å²) in [5.41, 5.74) is 0.797. The van der Waals surface area contributed by atoms with E-state index in [1.807, 2.05) is 30.3 Å². The lowest BCUT2D eigenvalue weighted by Gasteiger charge is -1.98. The highest BCUT2D eigenvalue weighted by Gasteiger charge is 2.12. The first-order chi connectivity index (χ1) is 12.2. The minimum atomic E-state index is -0.244. The average molecular weight is 376 g/mol. The number of nitrogens with one attached hydrogen (secondary N) is 2. The molecule has 1 aromatic carbocycles. The van der Waals surface area contributed by atoms with E-state index < -0.39 is 0 Å². The summed E-state index contributed by atoms with van der Waals surface area (Å²) >= 11 is 2.73. The minimum Gasteiger partial charge on any atom is -0.403 e. The van der Waals surface area contributed by atoms with E-state index >= 15 is 0 Å². The Bertz CT molecular complexity index is 820. The van der Waals surface area contributed by atoms with Crippen LogP contribution in [-0.4, -0.2) is 38.6 Å². The molecule has 2 heterocycles. The summed E-state index contributed by atoms with van der Waals surface area (Å²) in [6.07, 6.45) is 1.01. The van der Waals surface area contributed by atoms with Gasteiger partial charge in [0.2, 0.25) is 16.9 Å². The van der Waals surface area contributed by atoms with Crippen LogP contribution >= 0.6 is 23.1 Å². The van der Waals surface area contributed by atoms with Gasteiger partial charge in [0.05, 0.1) is 5.75 Å². The molecule has 2 aromatic heterocycles. The normalized spacial score (nSPS) is 10.6. The van der Waals surface area contributed by atoms with Crippen LogP contribution in [0.1, 0.15) is 13.3 Å².